The zero-order valence-electron chi connectivity index (χ0n) is 10.5. The molecular formula is C12H26N2O. The Kier molecular flexibility index (Phi) is 6.22. The molecule has 1 atom stereocenters. The van der Waals surface area contributed by atoms with Crippen LogP contribution in [0.3, 0.4) is 0 Å². The zero-order chi connectivity index (χ0) is 11.1. The van der Waals surface area contributed by atoms with E-state index in [1.165, 1.54) is 32.5 Å². The van der Waals surface area contributed by atoms with Crippen molar-refractivity contribution in [1.82, 2.24) is 9.80 Å². The van der Waals surface area contributed by atoms with Crippen LogP contribution in [0.25, 0.3) is 0 Å². The quantitative estimate of drug-likeness (QED) is 0.689. The van der Waals surface area contributed by atoms with Gasteiger partial charge in [-0.1, -0.05) is 6.92 Å². The standard InChI is InChI=1S/C12H26N2O/c1-4-12-11-14(9-6-10-15-12)8-5-7-13(2)3/h12H,4-11H2,1-3H3. The van der Waals surface area contributed by atoms with Gasteiger partial charge in [0.2, 0.25) is 0 Å². The first-order chi connectivity index (χ1) is 7.22. The molecule has 3 nitrogen and oxygen atoms in total. The van der Waals surface area contributed by atoms with Crippen molar-refractivity contribution >= 4 is 0 Å². The van der Waals surface area contributed by atoms with E-state index in [2.05, 4.69) is 30.8 Å². The minimum atomic E-state index is 0.465. The highest BCUT2D eigenvalue weighted by atomic mass is 16.5. The van der Waals surface area contributed by atoms with Crippen LogP contribution in [0.2, 0.25) is 0 Å². The molecule has 0 aromatic heterocycles. The smallest absolute Gasteiger partial charge is 0.0699 e. The number of ether oxygens (including phenoxy) is 1. The maximum Gasteiger partial charge on any atom is 0.0699 e. The fourth-order valence-corrected chi connectivity index (χ4v) is 2.03. The molecular weight excluding hydrogens is 188 g/mol. The van der Waals surface area contributed by atoms with Gasteiger partial charge in [0.15, 0.2) is 0 Å². The van der Waals surface area contributed by atoms with Crippen molar-refractivity contribution in [1.29, 1.82) is 0 Å². The highest BCUT2D eigenvalue weighted by Crippen LogP contribution is 2.08. The molecule has 0 spiro atoms. The lowest BCUT2D eigenvalue weighted by molar-refractivity contribution is 0.0516. The van der Waals surface area contributed by atoms with Gasteiger partial charge in [-0.15, -0.1) is 0 Å². The molecule has 1 unspecified atom stereocenters. The molecule has 1 aliphatic heterocycles. The third kappa shape index (κ3) is 5.50. The van der Waals surface area contributed by atoms with E-state index in [4.69, 9.17) is 4.74 Å². The van der Waals surface area contributed by atoms with Gasteiger partial charge in [0, 0.05) is 19.7 Å². The molecule has 1 fully saturated rings. The van der Waals surface area contributed by atoms with Crippen LogP contribution in [0.15, 0.2) is 0 Å². The number of nitrogens with zero attached hydrogens (tertiary/aromatic N) is 2. The van der Waals surface area contributed by atoms with Crippen LogP contribution in [0.1, 0.15) is 26.2 Å². The number of rotatable bonds is 5. The third-order valence-electron chi connectivity index (χ3n) is 2.97. The third-order valence-corrected chi connectivity index (χ3v) is 2.97. The fourth-order valence-electron chi connectivity index (χ4n) is 2.03. The molecule has 1 saturated heterocycles. The van der Waals surface area contributed by atoms with E-state index >= 15 is 0 Å². The molecule has 1 rings (SSSR count). The van der Waals surface area contributed by atoms with Gasteiger partial charge in [-0.3, -0.25) is 0 Å². The molecule has 0 aliphatic carbocycles. The van der Waals surface area contributed by atoms with Crippen LogP contribution in [-0.4, -0.2) is 62.8 Å². The SMILES string of the molecule is CCC1CN(CCCN(C)C)CCCO1. The van der Waals surface area contributed by atoms with E-state index in [1.54, 1.807) is 0 Å². The van der Waals surface area contributed by atoms with Gasteiger partial charge < -0.3 is 14.5 Å². The summed E-state index contributed by atoms with van der Waals surface area (Å²) in [7, 11) is 4.28. The molecule has 0 aromatic carbocycles. The molecule has 1 heterocycles. The molecule has 0 amide bonds. The van der Waals surface area contributed by atoms with E-state index in [1.807, 2.05) is 0 Å². The van der Waals surface area contributed by atoms with Crippen molar-refractivity contribution in [3.63, 3.8) is 0 Å². The van der Waals surface area contributed by atoms with Crippen molar-refractivity contribution in [2.75, 3.05) is 46.9 Å². The van der Waals surface area contributed by atoms with Gasteiger partial charge in [-0.2, -0.15) is 0 Å². The molecule has 0 saturated carbocycles. The first-order valence-electron chi connectivity index (χ1n) is 6.21. The highest BCUT2D eigenvalue weighted by Gasteiger charge is 2.16. The predicted molar refractivity (Wildman–Crippen MR) is 64.3 cm³/mol. The Labute approximate surface area is 94.4 Å². The largest absolute Gasteiger partial charge is 0.377 e. The molecule has 3 heteroatoms. The van der Waals surface area contributed by atoms with Crippen LogP contribution in [0.5, 0.6) is 0 Å². The minimum Gasteiger partial charge on any atom is -0.377 e. The van der Waals surface area contributed by atoms with Gasteiger partial charge in [0.25, 0.3) is 0 Å². The Morgan fingerprint density at radius 1 is 1.40 bits per heavy atom. The van der Waals surface area contributed by atoms with Gasteiger partial charge in [-0.05, 0) is 46.4 Å². The monoisotopic (exact) mass is 214 g/mol. The normalized spacial score (nSPS) is 24.4. The Morgan fingerprint density at radius 3 is 2.87 bits per heavy atom. The molecule has 0 N–H and O–H groups in total. The summed E-state index contributed by atoms with van der Waals surface area (Å²) in [5.74, 6) is 0. The van der Waals surface area contributed by atoms with E-state index in [9.17, 15) is 0 Å². The first kappa shape index (κ1) is 12.9. The Balaban J connectivity index is 2.20. The van der Waals surface area contributed by atoms with Gasteiger partial charge in [-0.25, -0.2) is 0 Å². The lowest BCUT2D eigenvalue weighted by Gasteiger charge is -2.23. The van der Waals surface area contributed by atoms with Crippen LogP contribution in [0, 0.1) is 0 Å². The van der Waals surface area contributed by atoms with Gasteiger partial charge in [0.05, 0.1) is 6.10 Å². The number of hydrogen-bond donors (Lipinski definition) is 0. The van der Waals surface area contributed by atoms with Crippen LogP contribution >= 0.6 is 0 Å². The topological polar surface area (TPSA) is 15.7 Å². The second-order valence-corrected chi connectivity index (χ2v) is 4.71. The molecule has 1 aliphatic rings. The number of hydrogen-bond acceptors (Lipinski definition) is 3. The van der Waals surface area contributed by atoms with E-state index in [0.717, 1.165) is 19.6 Å². The summed E-state index contributed by atoms with van der Waals surface area (Å²) < 4.78 is 5.76. The van der Waals surface area contributed by atoms with Crippen LogP contribution < -0.4 is 0 Å². The summed E-state index contributed by atoms with van der Waals surface area (Å²) in [5.41, 5.74) is 0. The van der Waals surface area contributed by atoms with Gasteiger partial charge in [0.1, 0.15) is 0 Å². The second-order valence-electron chi connectivity index (χ2n) is 4.71. The lowest BCUT2D eigenvalue weighted by atomic mass is 10.2. The van der Waals surface area contributed by atoms with E-state index < -0.39 is 0 Å². The van der Waals surface area contributed by atoms with Crippen LogP contribution in [-0.2, 0) is 4.74 Å². The van der Waals surface area contributed by atoms with Crippen LogP contribution in [0.4, 0.5) is 0 Å². The maximum atomic E-state index is 5.76. The summed E-state index contributed by atoms with van der Waals surface area (Å²) in [6.07, 6.45) is 4.07. The maximum absolute atomic E-state index is 5.76. The summed E-state index contributed by atoms with van der Waals surface area (Å²) in [5, 5.41) is 0. The lowest BCUT2D eigenvalue weighted by Crippen LogP contribution is -2.33. The zero-order valence-corrected chi connectivity index (χ0v) is 10.5. The van der Waals surface area contributed by atoms with Crippen molar-refractivity contribution in [3.05, 3.63) is 0 Å². The summed E-state index contributed by atoms with van der Waals surface area (Å²) in [4.78, 5) is 4.82. The van der Waals surface area contributed by atoms with Crippen molar-refractivity contribution in [2.45, 2.75) is 32.3 Å². The first-order valence-corrected chi connectivity index (χ1v) is 6.21. The average Bonchev–Trinajstić information content (AvgIpc) is 2.42. The molecule has 0 bridgehead atoms. The Hall–Kier alpha value is -0.120. The Bertz CT molecular complexity index is 162. The van der Waals surface area contributed by atoms with E-state index in [0.29, 0.717) is 6.10 Å². The summed E-state index contributed by atoms with van der Waals surface area (Å²) >= 11 is 0. The summed E-state index contributed by atoms with van der Waals surface area (Å²) in [6, 6.07) is 0. The predicted octanol–water partition coefficient (Wildman–Crippen LogP) is 1.44. The van der Waals surface area contributed by atoms with Crippen molar-refractivity contribution in [3.8, 4) is 0 Å². The molecule has 0 aromatic rings. The van der Waals surface area contributed by atoms with E-state index in [-0.39, 0.29) is 0 Å². The van der Waals surface area contributed by atoms with Crippen molar-refractivity contribution < 1.29 is 4.74 Å². The fraction of sp³-hybridized carbons (Fsp3) is 1.00. The molecule has 0 radical (unpaired) electrons. The molecule has 15 heavy (non-hydrogen) atoms. The average molecular weight is 214 g/mol. The van der Waals surface area contributed by atoms with Gasteiger partial charge >= 0.3 is 0 Å². The summed E-state index contributed by atoms with van der Waals surface area (Å²) in [6.45, 7) is 7.91. The Morgan fingerprint density at radius 2 is 2.20 bits per heavy atom. The second kappa shape index (κ2) is 7.20. The molecule has 90 valence electrons. The van der Waals surface area contributed by atoms with Crippen molar-refractivity contribution in [2.24, 2.45) is 0 Å². The highest BCUT2D eigenvalue weighted by molar-refractivity contribution is 4.69. The minimum absolute atomic E-state index is 0.465.